The largest absolute Gasteiger partial charge is 0.496 e. The number of aliphatic imine (C=N–C) groups is 1. The van der Waals surface area contributed by atoms with Gasteiger partial charge < -0.3 is 33.7 Å². The summed E-state index contributed by atoms with van der Waals surface area (Å²) in [4.78, 5) is 20.8. The number of piperazine rings is 1. The van der Waals surface area contributed by atoms with Crippen molar-refractivity contribution in [3.8, 4) is 17.2 Å². The molecule has 0 atom stereocenters. The Bertz CT molecular complexity index is 864. The second kappa shape index (κ2) is 10.6. The van der Waals surface area contributed by atoms with Gasteiger partial charge in [-0.2, -0.15) is 0 Å². The maximum atomic E-state index is 12.4. The van der Waals surface area contributed by atoms with E-state index in [1.807, 2.05) is 12.1 Å². The first-order chi connectivity index (χ1) is 15.1. The molecule has 1 aliphatic heterocycles. The third-order valence-electron chi connectivity index (χ3n) is 5.29. The number of methoxy groups -OCH3 is 3. The van der Waals surface area contributed by atoms with Crippen LogP contribution in [0.4, 0.5) is 0 Å². The average Bonchev–Trinajstić information content (AvgIpc) is 3.36. The molecule has 1 N–H and O–H groups in total. The number of rotatable bonds is 7. The summed E-state index contributed by atoms with van der Waals surface area (Å²) < 4.78 is 21.6. The molecule has 2 heterocycles. The first-order valence-corrected chi connectivity index (χ1v) is 10.2. The van der Waals surface area contributed by atoms with Crippen LogP contribution in [-0.2, 0) is 6.42 Å². The molecule has 1 aliphatic rings. The quantitative estimate of drug-likeness (QED) is 0.530. The van der Waals surface area contributed by atoms with Crippen LogP contribution in [0.5, 0.6) is 17.2 Å². The number of hydrogen-bond donors (Lipinski definition) is 1. The van der Waals surface area contributed by atoms with Crippen LogP contribution >= 0.6 is 0 Å². The zero-order chi connectivity index (χ0) is 22.2. The zero-order valence-electron chi connectivity index (χ0n) is 18.5. The van der Waals surface area contributed by atoms with Gasteiger partial charge in [0.1, 0.15) is 17.2 Å². The van der Waals surface area contributed by atoms with Gasteiger partial charge in [-0.1, -0.05) is 0 Å². The third kappa shape index (κ3) is 5.22. The van der Waals surface area contributed by atoms with Crippen molar-refractivity contribution in [2.45, 2.75) is 6.42 Å². The van der Waals surface area contributed by atoms with Crippen LogP contribution in [0.3, 0.4) is 0 Å². The van der Waals surface area contributed by atoms with Gasteiger partial charge in [0.2, 0.25) is 0 Å². The number of benzene rings is 1. The second-order valence-corrected chi connectivity index (χ2v) is 6.99. The fraction of sp³-hybridized carbons (Fsp3) is 0.455. The van der Waals surface area contributed by atoms with Gasteiger partial charge in [0.25, 0.3) is 5.91 Å². The molecule has 0 radical (unpaired) electrons. The summed E-state index contributed by atoms with van der Waals surface area (Å²) in [6, 6.07) is 7.11. The Hall–Kier alpha value is -3.36. The molecule has 9 heteroatoms. The predicted molar refractivity (Wildman–Crippen MR) is 117 cm³/mol. The first-order valence-electron chi connectivity index (χ1n) is 10.2. The van der Waals surface area contributed by atoms with Crippen molar-refractivity contribution in [2.24, 2.45) is 4.99 Å². The highest BCUT2D eigenvalue weighted by Crippen LogP contribution is 2.34. The number of nitrogens with one attached hydrogen (secondary N) is 1. The molecule has 0 unspecified atom stereocenters. The van der Waals surface area contributed by atoms with E-state index in [9.17, 15) is 4.79 Å². The van der Waals surface area contributed by atoms with Gasteiger partial charge in [-0.25, -0.2) is 0 Å². The van der Waals surface area contributed by atoms with Crippen LogP contribution in [0.2, 0.25) is 0 Å². The summed E-state index contributed by atoms with van der Waals surface area (Å²) in [7, 11) is 6.64. The normalized spacial score (nSPS) is 14.4. The van der Waals surface area contributed by atoms with Gasteiger partial charge in [0, 0.05) is 57.5 Å². The number of ether oxygens (including phenoxy) is 3. The molecular weight excluding hydrogens is 400 g/mol. The van der Waals surface area contributed by atoms with E-state index in [1.165, 1.54) is 6.26 Å². The highest BCUT2D eigenvalue weighted by molar-refractivity contribution is 5.91. The van der Waals surface area contributed by atoms with E-state index in [0.29, 0.717) is 50.7 Å². The van der Waals surface area contributed by atoms with Gasteiger partial charge in [0.15, 0.2) is 11.7 Å². The fourth-order valence-corrected chi connectivity index (χ4v) is 3.63. The van der Waals surface area contributed by atoms with Crippen LogP contribution in [0, 0.1) is 0 Å². The number of hydrogen-bond acceptors (Lipinski definition) is 6. The number of amides is 1. The van der Waals surface area contributed by atoms with Gasteiger partial charge in [-0.15, -0.1) is 0 Å². The summed E-state index contributed by atoms with van der Waals surface area (Å²) in [5.74, 6) is 3.22. The Balaban J connectivity index is 1.55. The van der Waals surface area contributed by atoms with Crippen LogP contribution < -0.4 is 19.5 Å². The van der Waals surface area contributed by atoms with Gasteiger partial charge in [-0.3, -0.25) is 9.79 Å². The van der Waals surface area contributed by atoms with Crippen molar-refractivity contribution >= 4 is 11.9 Å². The van der Waals surface area contributed by atoms with E-state index in [2.05, 4.69) is 15.2 Å². The lowest BCUT2D eigenvalue weighted by atomic mass is 10.1. The minimum Gasteiger partial charge on any atom is -0.496 e. The zero-order valence-corrected chi connectivity index (χ0v) is 18.5. The molecule has 0 bridgehead atoms. The molecule has 1 aromatic heterocycles. The summed E-state index contributed by atoms with van der Waals surface area (Å²) in [6.07, 6.45) is 2.20. The minimum absolute atomic E-state index is 0.0775. The smallest absolute Gasteiger partial charge is 0.289 e. The van der Waals surface area contributed by atoms with Crippen molar-refractivity contribution in [3.05, 3.63) is 41.9 Å². The van der Waals surface area contributed by atoms with E-state index < -0.39 is 0 Å². The topological polar surface area (TPSA) is 88.8 Å². The minimum atomic E-state index is -0.0775. The van der Waals surface area contributed by atoms with Crippen LogP contribution in [0.25, 0.3) is 0 Å². The molecular formula is C22H30N4O5. The Labute approximate surface area is 182 Å². The molecule has 2 aromatic rings. The van der Waals surface area contributed by atoms with Crippen molar-refractivity contribution < 1.29 is 23.4 Å². The molecule has 0 aliphatic carbocycles. The SMILES string of the molecule is CN=C(NCCc1c(OC)cc(OC)cc1OC)N1CCN(C(=O)c2ccco2)CC1. The predicted octanol–water partition coefficient (Wildman–Crippen LogP) is 1.88. The lowest BCUT2D eigenvalue weighted by Crippen LogP contribution is -2.54. The first kappa shape index (κ1) is 22.3. The maximum absolute atomic E-state index is 12.4. The number of carbonyl (C=O) groups is 1. The average molecular weight is 431 g/mol. The molecule has 0 spiro atoms. The van der Waals surface area contributed by atoms with E-state index >= 15 is 0 Å². The molecule has 1 aromatic carbocycles. The van der Waals surface area contributed by atoms with Crippen molar-refractivity contribution in [3.63, 3.8) is 0 Å². The Morgan fingerprint density at radius 3 is 2.23 bits per heavy atom. The van der Waals surface area contributed by atoms with E-state index in [1.54, 1.807) is 45.4 Å². The van der Waals surface area contributed by atoms with Crippen LogP contribution in [0.15, 0.2) is 39.9 Å². The lowest BCUT2D eigenvalue weighted by molar-refractivity contribution is 0.0658. The Morgan fingerprint density at radius 1 is 1.06 bits per heavy atom. The number of furan rings is 1. The molecule has 31 heavy (non-hydrogen) atoms. The molecule has 3 rings (SSSR count). The highest BCUT2D eigenvalue weighted by Gasteiger charge is 2.25. The fourth-order valence-electron chi connectivity index (χ4n) is 3.63. The number of carbonyl (C=O) groups excluding carboxylic acids is 1. The molecule has 1 fully saturated rings. The van der Waals surface area contributed by atoms with Gasteiger partial charge >= 0.3 is 0 Å². The molecule has 9 nitrogen and oxygen atoms in total. The van der Waals surface area contributed by atoms with E-state index in [-0.39, 0.29) is 5.91 Å². The standard InChI is InChI=1S/C22H30N4O5/c1-23-22(26-11-9-25(10-12-26)21(27)18-6-5-13-31-18)24-8-7-17-19(29-3)14-16(28-2)15-20(17)30-4/h5-6,13-15H,7-12H2,1-4H3,(H,23,24). The number of guanidine groups is 1. The van der Waals surface area contributed by atoms with Crippen molar-refractivity contribution in [1.82, 2.24) is 15.1 Å². The monoisotopic (exact) mass is 430 g/mol. The molecule has 168 valence electrons. The van der Waals surface area contributed by atoms with Crippen LogP contribution in [-0.4, -0.2) is 82.8 Å². The third-order valence-corrected chi connectivity index (χ3v) is 5.29. The summed E-state index contributed by atoms with van der Waals surface area (Å²) in [5, 5.41) is 3.40. The van der Waals surface area contributed by atoms with E-state index in [0.717, 1.165) is 23.0 Å². The van der Waals surface area contributed by atoms with Gasteiger partial charge in [0.05, 0.1) is 27.6 Å². The van der Waals surface area contributed by atoms with Crippen LogP contribution in [0.1, 0.15) is 16.1 Å². The molecule has 1 amide bonds. The summed E-state index contributed by atoms with van der Waals surface area (Å²) in [5.41, 5.74) is 0.961. The van der Waals surface area contributed by atoms with E-state index in [4.69, 9.17) is 18.6 Å². The number of nitrogens with zero attached hydrogens (tertiary/aromatic N) is 3. The Morgan fingerprint density at radius 2 is 1.71 bits per heavy atom. The maximum Gasteiger partial charge on any atom is 0.289 e. The molecule has 1 saturated heterocycles. The summed E-state index contributed by atoms with van der Waals surface area (Å²) >= 11 is 0. The molecule has 0 saturated carbocycles. The lowest BCUT2D eigenvalue weighted by Gasteiger charge is -2.36. The second-order valence-electron chi connectivity index (χ2n) is 6.99. The Kier molecular flexibility index (Phi) is 7.64. The van der Waals surface area contributed by atoms with Crippen molar-refractivity contribution in [1.29, 1.82) is 0 Å². The highest BCUT2D eigenvalue weighted by atomic mass is 16.5. The summed E-state index contributed by atoms with van der Waals surface area (Å²) in [6.45, 7) is 3.26. The van der Waals surface area contributed by atoms with Gasteiger partial charge in [-0.05, 0) is 18.6 Å². The van der Waals surface area contributed by atoms with Crippen molar-refractivity contribution in [2.75, 3.05) is 61.1 Å².